The first-order chi connectivity index (χ1) is 11.1. The molecule has 3 aliphatic carbocycles. The van der Waals surface area contributed by atoms with Gasteiger partial charge in [0.1, 0.15) is 0 Å². The largest absolute Gasteiger partial charge is 0.281 e. The molecular formula is C19H33Cl2OPPt. The van der Waals surface area contributed by atoms with E-state index in [1.165, 1.54) is 96.3 Å². The first-order valence-electron chi connectivity index (χ1n) is 9.77. The van der Waals surface area contributed by atoms with E-state index in [-0.39, 0.29) is 21.1 Å². The molecule has 0 amide bonds. The van der Waals surface area contributed by atoms with E-state index in [1.807, 2.05) is 0 Å². The molecule has 0 heterocycles. The number of hydrogen-bond donors (Lipinski definition) is 0. The van der Waals surface area contributed by atoms with E-state index >= 15 is 0 Å². The van der Waals surface area contributed by atoms with E-state index in [4.69, 9.17) is 27.3 Å². The van der Waals surface area contributed by atoms with E-state index < -0.39 is 5.31 Å². The fourth-order valence-corrected chi connectivity index (χ4v) is 15.0. The Morgan fingerprint density at radius 1 is 0.542 bits per heavy atom. The average molecular weight is 574 g/mol. The summed E-state index contributed by atoms with van der Waals surface area (Å²) in [6.45, 7) is 4.50. The van der Waals surface area contributed by atoms with E-state index in [1.54, 1.807) is 0 Å². The van der Waals surface area contributed by atoms with Crippen molar-refractivity contribution >= 4 is 34.6 Å². The van der Waals surface area contributed by atoms with Crippen LogP contribution in [-0.4, -0.2) is 23.8 Å². The van der Waals surface area contributed by atoms with Crippen molar-refractivity contribution in [1.29, 1.82) is 0 Å². The van der Waals surface area contributed by atoms with Gasteiger partial charge in [-0.05, 0) is 0 Å². The van der Waals surface area contributed by atoms with Gasteiger partial charge in [0.25, 0.3) is 6.79 Å². The van der Waals surface area contributed by atoms with Crippen molar-refractivity contribution in [2.24, 2.45) is 0 Å². The first-order valence-corrected chi connectivity index (χ1v) is 14.0. The molecular weight excluding hydrogens is 541 g/mol. The molecule has 2 radical (unpaired) electrons. The molecule has 24 heavy (non-hydrogen) atoms. The van der Waals surface area contributed by atoms with Crippen molar-refractivity contribution in [3.63, 3.8) is 0 Å². The summed E-state index contributed by atoms with van der Waals surface area (Å²) in [6.07, 6.45) is 20.5. The van der Waals surface area contributed by atoms with Crippen LogP contribution in [0.2, 0.25) is 0 Å². The van der Waals surface area contributed by atoms with Crippen LogP contribution < -0.4 is 0 Å². The Hall–Kier alpha value is 1.37. The summed E-state index contributed by atoms with van der Waals surface area (Å²) in [6, 6.07) is 0. The van der Waals surface area contributed by atoms with Crippen molar-refractivity contribution in [2.45, 2.75) is 113 Å². The monoisotopic (exact) mass is 573 g/mol. The molecule has 0 N–H and O–H groups in total. The Bertz CT molecular complexity index is 310. The van der Waals surface area contributed by atoms with Gasteiger partial charge in [-0.25, -0.2) is 0 Å². The van der Waals surface area contributed by atoms with Gasteiger partial charge in [-0.15, -0.1) is 0 Å². The maximum atomic E-state index is 7.73. The molecule has 0 aromatic carbocycles. The number of carbonyl (C=O) groups excluding carboxylic acids is 1. The summed E-state index contributed by atoms with van der Waals surface area (Å²) in [5, 5.41) is -2.60. The molecule has 0 saturated heterocycles. The summed E-state index contributed by atoms with van der Waals surface area (Å²) in [5.74, 6) is 0. The third-order valence-corrected chi connectivity index (χ3v) is 17.5. The van der Waals surface area contributed by atoms with Gasteiger partial charge in [-0.2, -0.15) is 0 Å². The van der Waals surface area contributed by atoms with E-state index in [9.17, 15) is 0 Å². The quantitative estimate of drug-likeness (QED) is 0.320. The van der Waals surface area contributed by atoms with Crippen molar-refractivity contribution in [3.8, 4) is 0 Å². The summed E-state index contributed by atoms with van der Waals surface area (Å²) in [4.78, 5) is 7.50. The van der Waals surface area contributed by atoms with Gasteiger partial charge in [-0.1, -0.05) is 0 Å². The Labute approximate surface area is 173 Å². The minimum atomic E-state index is -2.60. The van der Waals surface area contributed by atoms with Crippen LogP contribution in [0.15, 0.2) is 0 Å². The maximum absolute atomic E-state index is 7.73. The SMILES string of the molecule is ClP(Cl)(C1CCCCC1)(C1CCCCC1)C1CCCCC1.[C]=O.[Pt]. The molecule has 1 nitrogen and oxygen atoms in total. The summed E-state index contributed by atoms with van der Waals surface area (Å²) < 4.78 is 0. The van der Waals surface area contributed by atoms with Crippen LogP contribution in [0, 0.1) is 0 Å². The molecule has 0 bridgehead atoms. The van der Waals surface area contributed by atoms with Crippen LogP contribution >= 0.6 is 27.8 Å². The first kappa shape index (κ1) is 23.4. The molecule has 5 heteroatoms. The Balaban J connectivity index is 0.000000925. The van der Waals surface area contributed by atoms with Gasteiger partial charge >= 0.3 is 141 Å². The van der Waals surface area contributed by atoms with Gasteiger partial charge < -0.3 is 0 Å². The Morgan fingerprint density at radius 3 is 0.958 bits per heavy atom. The molecule has 0 aliphatic heterocycles. The normalized spacial score (nSPS) is 26.3. The topological polar surface area (TPSA) is 17.1 Å². The van der Waals surface area contributed by atoms with Crippen LogP contribution in [0.4, 0.5) is 0 Å². The van der Waals surface area contributed by atoms with Crippen LogP contribution in [-0.2, 0) is 25.9 Å². The predicted octanol–water partition coefficient (Wildman–Crippen LogP) is 7.45. The second-order valence-electron chi connectivity index (χ2n) is 7.97. The van der Waals surface area contributed by atoms with Gasteiger partial charge in [-0.3, -0.25) is 4.79 Å². The molecule has 0 aromatic heterocycles. The van der Waals surface area contributed by atoms with Crippen LogP contribution in [0.25, 0.3) is 0 Å². The summed E-state index contributed by atoms with van der Waals surface area (Å²) >= 11 is 15.5. The van der Waals surface area contributed by atoms with E-state index in [0.29, 0.717) is 17.0 Å². The molecule has 3 saturated carbocycles. The molecule has 144 valence electrons. The van der Waals surface area contributed by atoms with Crippen molar-refractivity contribution in [3.05, 3.63) is 0 Å². The smallest absolute Gasteiger partial charge is 0.281 e. The van der Waals surface area contributed by atoms with Crippen molar-refractivity contribution < 1.29 is 25.9 Å². The Kier molecular flexibility index (Phi) is 10.4. The van der Waals surface area contributed by atoms with Gasteiger partial charge in [0, 0.05) is 21.1 Å². The second kappa shape index (κ2) is 10.6. The summed E-state index contributed by atoms with van der Waals surface area (Å²) in [5.41, 5.74) is 2.04. The standard InChI is InChI=1S/C18H33Cl2P.CO.Pt/c19-21(20,16-10-4-1-5-11-16,17-12-6-2-7-13-17)18-14-8-3-9-15-18;1-2;/h16-18H,1-15H2;;. The minimum absolute atomic E-state index is 0. The van der Waals surface area contributed by atoms with Crippen LogP contribution in [0.5, 0.6) is 0 Å². The zero-order chi connectivity index (χ0) is 16.8. The molecule has 3 rings (SSSR count). The molecule has 3 fully saturated rings. The average Bonchev–Trinajstić information content (AvgIpc) is 2.66. The van der Waals surface area contributed by atoms with E-state index in [2.05, 4.69) is 6.79 Å². The van der Waals surface area contributed by atoms with Gasteiger partial charge in [0.05, 0.1) is 0 Å². The van der Waals surface area contributed by atoms with Gasteiger partial charge in [0.15, 0.2) is 0 Å². The fourth-order valence-electron chi connectivity index (χ4n) is 5.62. The van der Waals surface area contributed by atoms with Crippen LogP contribution in [0.3, 0.4) is 0 Å². The minimum Gasteiger partial charge on any atom is -0.281 e. The number of halogens is 2. The zero-order valence-electron chi connectivity index (χ0n) is 14.8. The number of rotatable bonds is 3. The number of hydrogen-bond acceptors (Lipinski definition) is 1. The van der Waals surface area contributed by atoms with E-state index in [0.717, 1.165) is 0 Å². The van der Waals surface area contributed by atoms with Crippen molar-refractivity contribution in [2.75, 3.05) is 0 Å². The molecule has 0 spiro atoms. The third kappa shape index (κ3) is 4.80. The summed E-state index contributed by atoms with van der Waals surface area (Å²) in [7, 11) is 0. The fraction of sp³-hybridized carbons (Fsp3) is 0.947. The zero-order valence-corrected chi connectivity index (χ0v) is 19.4. The second-order valence-corrected chi connectivity index (χ2v) is 17.4. The predicted molar refractivity (Wildman–Crippen MR) is 105 cm³/mol. The third-order valence-electron chi connectivity index (χ3n) is 6.82. The van der Waals surface area contributed by atoms with Gasteiger partial charge in [0.2, 0.25) is 0 Å². The van der Waals surface area contributed by atoms with Crippen LogP contribution in [0.1, 0.15) is 96.3 Å². The molecule has 0 unspecified atom stereocenters. The molecule has 3 aliphatic rings. The maximum Gasteiger partial charge on any atom is 0.281 e. The molecule has 0 aromatic rings. The Morgan fingerprint density at radius 2 is 0.750 bits per heavy atom. The molecule has 0 atom stereocenters. The van der Waals surface area contributed by atoms with Crippen molar-refractivity contribution in [1.82, 2.24) is 0 Å².